The maximum atomic E-state index is 14.6. The molecule has 2 aromatic carbocycles. The Bertz CT molecular complexity index is 1490. The lowest BCUT2D eigenvalue weighted by atomic mass is 9.63. The van der Waals surface area contributed by atoms with Crippen LogP contribution < -0.4 is 0 Å². The molecule has 7 aliphatic rings. The fourth-order valence-corrected chi connectivity index (χ4v) is 10.5. The molecule has 44 heavy (non-hydrogen) atoms. The Kier molecular flexibility index (Phi) is 5.72. The van der Waals surface area contributed by atoms with Crippen LogP contribution >= 0.6 is 0 Å². The van der Waals surface area contributed by atoms with Gasteiger partial charge >= 0.3 is 11.9 Å². The van der Waals surface area contributed by atoms with Crippen molar-refractivity contribution in [3.8, 4) is 0 Å². The van der Waals surface area contributed by atoms with Crippen LogP contribution in [0.1, 0.15) is 61.1 Å². The third kappa shape index (κ3) is 3.71. The number of esters is 2. The van der Waals surface area contributed by atoms with Crippen molar-refractivity contribution in [1.82, 2.24) is 0 Å². The number of likely N-dealkylation sites (N-methyl/N-ethyl adjacent to an activating group) is 2. The lowest BCUT2D eigenvalue weighted by Crippen LogP contribution is -2.60. The van der Waals surface area contributed by atoms with Crippen molar-refractivity contribution in [3.63, 3.8) is 0 Å². The van der Waals surface area contributed by atoms with Crippen molar-refractivity contribution in [2.24, 2.45) is 0 Å². The lowest BCUT2D eigenvalue weighted by molar-refractivity contribution is -0.938. The van der Waals surface area contributed by atoms with E-state index in [9.17, 15) is 9.59 Å². The number of nitrogens with zero attached hydrogens (tertiary/aromatic N) is 2. The van der Waals surface area contributed by atoms with Gasteiger partial charge in [-0.05, 0) is 29.5 Å². The Morgan fingerprint density at radius 3 is 1.77 bits per heavy atom. The van der Waals surface area contributed by atoms with Crippen LogP contribution in [0.4, 0.5) is 0 Å². The number of hydrogen-bond donors (Lipinski definition) is 0. The molecule has 6 fully saturated rings. The second kappa shape index (κ2) is 9.15. The van der Waals surface area contributed by atoms with Gasteiger partial charge in [-0.15, -0.1) is 0 Å². The summed E-state index contributed by atoms with van der Waals surface area (Å²) in [6.45, 7) is 0. The minimum absolute atomic E-state index is 0.0856. The van der Waals surface area contributed by atoms with Crippen LogP contribution in [0.15, 0.2) is 54.6 Å². The van der Waals surface area contributed by atoms with Gasteiger partial charge in [-0.3, -0.25) is 9.59 Å². The van der Waals surface area contributed by atoms with E-state index in [2.05, 4.69) is 28.2 Å². The van der Waals surface area contributed by atoms with Crippen molar-refractivity contribution in [2.45, 2.75) is 111 Å². The molecule has 1 unspecified atom stereocenters. The summed E-state index contributed by atoms with van der Waals surface area (Å²) in [5, 5.41) is 0. The van der Waals surface area contributed by atoms with Gasteiger partial charge in [0.15, 0.2) is 0 Å². The van der Waals surface area contributed by atoms with E-state index in [1.165, 1.54) is 0 Å². The fourth-order valence-electron chi connectivity index (χ4n) is 10.5. The van der Waals surface area contributed by atoms with Gasteiger partial charge in [0, 0.05) is 25.7 Å². The van der Waals surface area contributed by atoms with E-state index in [4.69, 9.17) is 18.9 Å². The summed E-state index contributed by atoms with van der Waals surface area (Å²) in [5.74, 6) is -0.768. The van der Waals surface area contributed by atoms with E-state index in [-0.39, 0.29) is 24.1 Å². The Morgan fingerprint density at radius 1 is 0.705 bits per heavy atom. The van der Waals surface area contributed by atoms with Gasteiger partial charge in [0.25, 0.3) is 0 Å². The number of ether oxygens (including phenoxy) is 4. The van der Waals surface area contributed by atoms with Crippen LogP contribution in [-0.2, 0) is 34.0 Å². The number of hydrogen-bond acceptors (Lipinski definition) is 6. The van der Waals surface area contributed by atoms with E-state index in [0.717, 1.165) is 51.3 Å². The van der Waals surface area contributed by atoms with E-state index in [1.54, 1.807) is 0 Å². The van der Waals surface area contributed by atoms with E-state index >= 15 is 0 Å². The average Bonchev–Trinajstić information content (AvgIpc) is 3.91. The quantitative estimate of drug-likeness (QED) is 0.297. The van der Waals surface area contributed by atoms with Crippen molar-refractivity contribution in [1.29, 1.82) is 0 Å². The first kappa shape index (κ1) is 27.5. The van der Waals surface area contributed by atoms with Gasteiger partial charge in [0.05, 0.1) is 34.1 Å². The predicted molar refractivity (Wildman–Crippen MR) is 161 cm³/mol. The normalized spacial score (nSPS) is 44.5. The minimum atomic E-state index is -0.973. The standard InChI is InChI=1S/C36H44N2O6/c1-37(2)26-16-21(17-27(37)31-30(26)43-31)41-34(39)24-14-15-36(20-10-6-5-7-11-20,25-13-9-8-12-23(24)25)35(40)42-22-18-28-32-33(44-32)29(19-22)38(28,3)4/h5-13,21-22,24,26-33H,14-19H2,1-4H3/q+2/t22?,24-,26-,27-,28-,29+,30-,31-,32-,33+,36+/m1/s1. The van der Waals surface area contributed by atoms with Crippen LogP contribution in [-0.4, -0.2) is 110 Å². The summed E-state index contributed by atoms with van der Waals surface area (Å²) in [6.07, 6.45) is 5.38. The molecule has 0 N–H and O–H groups in total. The van der Waals surface area contributed by atoms with Gasteiger partial charge in [-0.25, -0.2) is 0 Å². The summed E-state index contributed by atoms with van der Waals surface area (Å²) in [7, 11) is 9.16. The smallest absolute Gasteiger partial charge is 0.321 e. The summed E-state index contributed by atoms with van der Waals surface area (Å²) in [5.41, 5.74) is 1.72. The molecule has 1 aliphatic carbocycles. The molecule has 11 atom stereocenters. The molecule has 0 aromatic heterocycles. The van der Waals surface area contributed by atoms with E-state index < -0.39 is 11.3 Å². The van der Waals surface area contributed by atoms with Crippen LogP contribution in [0.25, 0.3) is 0 Å². The molecule has 6 heterocycles. The number of fused-ring (bicyclic) bond motifs is 11. The summed E-state index contributed by atoms with van der Waals surface area (Å²) < 4.78 is 26.7. The molecule has 8 heteroatoms. The second-order valence-electron chi connectivity index (χ2n) is 15.6. The lowest BCUT2D eigenvalue weighted by Gasteiger charge is -2.46. The first-order chi connectivity index (χ1) is 21.1. The van der Waals surface area contributed by atoms with Crippen molar-refractivity contribution in [2.75, 3.05) is 28.2 Å². The van der Waals surface area contributed by atoms with Gasteiger partial charge in [0.2, 0.25) is 0 Å². The average molecular weight is 601 g/mol. The first-order valence-electron chi connectivity index (χ1n) is 16.6. The summed E-state index contributed by atoms with van der Waals surface area (Å²) in [4.78, 5) is 28.6. The number of rotatable bonds is 5. The van der Waals surface area contributed by atoms with Gasteiger partial charge < -0.3 is 27.9 Å². The van der Waals surface area contributed by atoms with Crippen molar-refractivity contribution >= 4 is 11.9 Å². The highest BCUT2D eigenvalue weighted by Gasteiger charge is 2.72. The molecular formula is C36H44N2O6+2. The number of benzene rings is 2. The van der Waals surface area contributed by atoms with Gasteiger partial charge in [-0.1, -0.05) is 54.6 Å². The Morgan fingerprint density at radius 2 is 1.20 bits per heavy atom. The minimum Gasteiger partial charge on any atom is -0.461 e. The number of carbonyl (C=O) groups excluding carboxylic acids is 2. The van der Waals surface area contributed by atoms with Crippen LogP contribution in [0.3, 0.4) is 0 Å². The molecule has 6 saturated heterocycles. The zero-order valence-corrected chi connectivity index (χ0v) is 26.1. The van der Waals surface area contributed by atoms with E-state index in [0.29, 0.717) is 61.4 Å². The highest BCUT2D eigenvalue weighted by molar-refractivity contribution is 5.91. The SMILES string of the molecule is C[N+]1(C)[C@@H]2CC(OC(=O)[C@@H]3CC[C@](C(=O)OC4C[C@@H]5[C@H]6O[C@H]6[C@H](C4)[N+]5(C)C)(c4ccccc4)c4ccccc43)C[C@@H]1[C@H]1O[C@@H]12. The van der Waals surface area contributed by atoms with Gasteiger partial charge in [-0.2, -0.15) is 0 Å². The second-order valence-corrected chi connectivity index (χ2v) is 15.6. The van der Waals surface area contributed by atoms with Gasteiger partial charge in [0.1, 0.15) is 66.2 Å². The Balaban J connectivity index is 0.998. The monoisotopic (exact) mass is 600 g/mol. The number of quaternary nitrogens is 2. The zero-order valence-electron chi connectivity index (χ0n) is 26.1. The largest absolute Gasteiger partial charge is 0.461 e. The number of epoxide rings is 2. The summed E-state index contributed by atoms with van der Waals surface area (Å²) >= 11 is 0. The fraction of sp³-hybridized carbons (Fsp3) is 0.611. The molecule has 4 bridgehead atoms. The summed E-state index contributed by atoms with van der Waals surface area (Å²) in [6, 6.07) is 19.5. The Labute approximate surface area is 259 Å². The molecule has 6 aliphatic heterocycles. The molecule has 8 nitrogen and oxygen atoms in total. The zero-order chi connectivity index (χ0) is 30.2. The highest BCUT2D eigenvalue weighted by Crippen LogP contribution is 2.54. The van der Waals surface area contributed by atoms with Crippen molar-refractivity contribution < 1.29 is 37.5 Å². The number of piperidine rings is 2. The third-order valence-corrected chi connectivity index (χ3v) is 13.1. The Hall–Kier alpha value is -2.78. The number of morpholine rings is 2. The van der Waals surface area contributed by atoms with Crippen molar-refractivity contribution in [3.05, 3.63) is 71.3 Å². The molecule has 9 rings (SSSR count). The molecule has 232 valence electrons. The van der Waals surface area contributed by atoms with Crippen LogP contribution in [0.2, 0.25) is 0 Å². The van der Waals surface area contributed by atoms with E-state index in [1.807, 2.05) is 54.6 Å². The maximum absolute atomic E-state index is 14.6. The molecule has 2 aromatic rings. The first-order valence-corrected chi connectivity index (χ1v) is 16.6. The molecule has 0 spiro atoms. The molecule has 0 radical (unpaired) electrons. The maximum Gasteiger partial charge on any atom is 0.321 e. The van der Waals surface area contributed by atoms with Crippen LogP contribution in [0, 0.1) is 0 Å². The molecule has 0 saturated carbocycles. The molecule has 0 amide bonds. The predicted octanol–water partition coefficient (Wildman–Crippen LogP) is 3.45. The number of carbonyl (C=O) groups is 2. The molecular weight excluding hydrogens is 556 g/mol. The topological polar surface area (TPSA) is 77.7 Å². The highest BCUT2D eigenvalue weighted by atomic mass is 16.6. The van der Waals surface area contributed by atoms with Crippen LogP contribution in [0.5, 0.6) is 0 Å². The third-order valence-electron chi connectivity index (χ3n) is 13.1.